The molecule has 9 aliphatic rings. The zero-order valence-electron chi connectivity index (χ0n) is 58.6. The third-order valence-corrected chi connectivity index (χ3v) is 24.6. The molecule has 9 fully saturated rings. The zero-order valence-corrected chi connectivity index (χ0v) is 60.6. The number of carbonyl (C=O) groups excluding carboxylic acids is 1. The van der Waals surface area contributed by atoms with Gasteiger partial charge in [-0.3, -0.25) is 29.3 Å². The molecule has 3 unspecified atom stereocenters. The van der Waals surface area contributed by atoms with Gasteiger partial charge in [0, 0.05) is 72.7 Å². The molecule has 3 aromatic rings. The summed E-state index contributed by atoms with van der Waals surface area (Å²) in [6, 6.07) is 11.4. The molecule has 0 radical (unpaired) electrons. The van der Waals surface area contributed by atoms with Gasteiger partial charge in [-0.25, -0.2) is 0 Å². The summed E-state index contributed by atoms with van der Waals surface area (Å²) in [6.45, 7) is 31.6. The summed E-state index contributed by atoms with van der Waals surface area (Å²) in [7, 11) is 1.42. The zero-order chi connectivity index (χ0) is 66.9. The van der Waals surface area contributed by atoms with Crippen LogP contribution in [0.5, 0.6) is 17.2 Å². The molecule has 6 aliphatic carbocycles. The van der Waals surface area contributed by atoms with Crippen LogP contribution in [0.1, 0.15) is 176 Å². The summed E-state index contributed by atoms with van der Waals surface area (Å²) in [5.41, 5.74) is 4.35. The van der Waals surface area contributed by atoms with Crippen LogP contribution >= 0.6 is 0 Å². The van der Waals surface area contributed by atoms with Crippen LogP contribution in [-0.2, 0) is 47.5 Å². The largest absolute Gasteiger partial charge is 1.00 e. The quantitative estimate of drug-likeness (QED) is 0.0571. The Morgan fingerprint density at radius 2 is 0.740 bits per heavy atom. The van der Waals surface area contributed by atoms with Crippen LogP contribution in [0.15, 0.2) is 110 Å². The predicted octanol–water partition coefficient (Wildman–Crippen LogP) is 11.5. The third kappa shape index (κ3) is 17.1. The van der Waals surface area contributed by atoms with Gasteiger partial charge in [-0.2, -0.15) is 0 Å². The fraction of sp³-hybridized carbons (Fsp3) is 0.684. The number of pyridine rings is 3. The molecule has 18 atom stereocenters. The first-order valence-electron chi connectivity index (χ1n) is 35.0. The molecule has 0 amide bonds. The van der Waals surface area contributed by atoms with E-state index in [2.05, 4.69) is 76.2 Å². The van der Waals surface area contributed by atoms with Crippen molar-refractivity contribution in [2.45, 2.75) is 214 Å². The third-order valence-electron chi connectivity index (χ3n) is 24.6. The molecule has 6 heterocycles. The monoisotopic (exact) mass is 1340 g/mol. The number of carboxylic acids is 2. The van der Waals surface area contributed by atoms with Crippen molar-refractivity contribution in [1.29, 1.82) is 0 Å². The molecule has 3 saturated heterocycles. The molecule has 12 rings (SSSR count). The Morgan fingerprint density at radius 1 is 0.458 bits per heavy atom. The maximum atomic E-state index is 11.5. The number of carboxylic acid groups (broad SMARTS) is 2. The van der Waals surface area contributed by atoms with Gasteiger partial charge in [0.2, 0.25) is 0 Å². The number of nitrogens with zero attached hydrogens (tertiary/aromatic N) is 3. The minimum atomic E-state index is -0.806. The predicted molar refractivity (Wildman–Crippen MR) is 356 cm³/mol. The van der Waals surface area contributed by atoms with E-state index in [1.165, 1.54) is 23.8 Å². The summed E-state index contributed by atoms with van der Waals surface area (Å²) in [5, 5.41) is 18.0. The van der Waals surface area contributed by atoms with Gasteiger partial charge in [-0.1, -0.05) is 78.0 Å². The van der Waals surface area contributed by atoms with Gasteiger partial charge < -0.3 is 63.1 Å². The molecule has 20 heteroatoms. The molecule has 96 heavy (non-hydrogen) atoms. The number of rotatable bonds is 21. The van der Waals surface area contributed by atoms with Gasteiger partial charge in [-0.15, -0.1) is 0 Å². The number of aromatic nitrogens is 3. The Balaban J connectivity index is 0.000000182. The molecule has 524 valence electrons. The minimum absolute atomic E-state index is 0. The second kappa shape index (κ2) is 33.6. The number of methoxy groups -OCH3 is 1. The summed E-state index contributed by atoms with van der Waals surface area (Å²) >= 11 is 0. The van der Waals surface area contributed by atoms with Crippen LogP contribution in [0.25, 0.3) is 0 Å². The second-order valence-corrected chi connectivity index (χ2v) is 30.1. The number of allylic oxidation sites excluding steroid dienone is 3. The Kier molecular flexibility index (Phi) is 26.9. The first kappa shape index (κ1) is 76.9. The van der Waals surface area contributed by atoms with Gasteiger partial charge in [-0.05, 0) is 184 Å². The van der Waals surface area contributed by atoms with Gasteiger partial charge >= 0.3 is 47.5 Å². The van der Waals surface area contributed by atoms with E-state index in [0.29, 0.717) is 101 Å². The van der Waals surface area contributed by atoms with Crippen LogP contribution < -0.4 is 43.8 Å². The molecule has 3 aromatic heterocycles. The van der Waals surface area contributed by atoms with E-state index in [1.54, 1.807) is 37.2 Å². The van der Waals surface area contributed by atoms with E-state index < -0.39 is 24.5 Å². The van der Waals surface area contributed by atoms with E-state index in [9.17, 15) is 14.4 Å². The molecule has 0 spiro atoms. The molecule has 3 N–H and O–H groups in total. The summed E-state index contributed by atoms with van der Waals surface area (Å²) < 4.78 is 60.0. The normalized spacial score (nSPS) is 36.5. The Morgan fingerprint density at radius 3 is 1.01 bits per heavy atom. The fourth-order valence-corrected chi connectivity index (χ4v) is 19.7. The topological polar surface area (TPSA) is 253 Å². The SMILES string of the molecule is C=C1CCC2[C@]3(C)CO[C@@H](CCC(=O)O)O[C@@H]3CC[C@@]2(C)[C@@H]1CCOc1ccncc1.C=C1CCC2[C@]3(C)CO[C@@H](CCC(=O)O)O[C@@H]3CC[C@@]2(C)[C@@H]1CCOc1ccncc1.C=C1CCC2[C@]3(C)CO[C@@H](CCC(=O)OC)O[C@@H]3CC[C@@]2(C)[C@@H]1CCOc1ccncc1.[Na+].[OH-]. The molecule has 0 aromatic carbocycles. The van der Waals surface area contributed by atoms with Crippen LogP contribution in [-0.4, -0.2) is 132 Å². The van der Waals surface area contributed by atoms with Crippen molar-refractivity contribution >= 4 is 17.9 Å². The second-order valence-electron chi connectivity index (χ2n) is 30.1. The number of ether oxygens (including phenoxy) is 10. The van der Waals surface area contributed by atoms with Gasteiger partial charge in [0.25, 0.3) is 0 Å². The molecule has 0 bridgehead atoms. The van der Waals surface area contributed by atoms with Crippen LogP contribution in [0.4, 0.5) is 0 Å². The van der Waals surface area contributed by atoms with Crippen molar-refractivity contribution in [2.24, 2.45) is 68.0 Å². The Bertz CT molecular complexity index is 2930. The average Bonchev–Trinajstić information content (AvgIpc) is 0.735. The van der Waals surface area contributed by atoms with Crippen molar-refractivity contribution in [2.75, 3.05) is 46.8 Å². The van der Waals surface area contributed by atoms with Crippen molar-refractivity contribution in [1.82, 2.24) is 15.0 Å². The standard InChI is InChI=1S/C26H37NO5.2C25H35NO5.Na.H2O/c1-18-5-6-21-25(2,20(18)12-16-30-19-10-14-27-15-11-19)13-9-22-26(21,3)17-31-24(32-22)8-7-23(28)29-4;2*1-17-4-5-20-24(2,19(17)11-15-29-18-9-13-26-14-10-18)12-8-21-25(20,3)16-30-23(31-21)7-6-22(27)28;;/h10-11,14-15,20-22,24H,1,5-9,12-13,16-17H2,2-4H3;2*9-10,13-14,19-21,23H,1,4-8,11-12,15-16H2,2-3H3,(H,27,28);;1H2/q;;;+1;/p-1/t20-,21?,22-,24-,25+,26+;2*19-,20?,21-,23-,24+,25+;;/m111../s1. The minimum Gasteiger partial charge on any atom is -0.870 e. The molecule has 19 nitrogen and oxygen atoms in total. The Hall–Kier alpha value is -4.80. The number of esters is 1. The van der Waals surface area contributed by atoms with E-state index in [0.717, 1.165) is 114 Å². The number of aliphatic carboxylic acids is 2. The van der Waals surface area contributed by atoms with Gasteiger partial charge in [0.05, 0.1) is 84.3 Å². The van der Waals surface area contributed by atoms with Crippen molar-refractivity contribution in [3.8, 4) is 17.2 Å². The molecular weight excluding hydrogens is 1230 g/mol. The average molecular weight is 1340 g/mol. The fourth-order valence-electron chi connectivity index (χ4n) is 19.7. The first-order chi connectivity index (χ1) is 45.0. The molecular formula is C76H108N3NaO16. The van der Waals surface area contributed by atoms with Crippen LogP contribution in [0.3, 0.4) is 0 Å². The number of hydrogen-bond acceptors (Lipinski definition) is 17. The first-order valence-corrected chi connectivity index (χ1v) is 35.0. The van der Waals surface area contributed by atoms with E-state index in [-0.39, 0.29) is 111 Å². The van der Waals surface area contributed by atoms with Gasteiger partial charge in [0.1, 0.15) is 17.2 Å². The maximum absolute atomic E-state index is 11.5. The maximum Gasteiger partial charge on any atom is 1.00 e. The van der Waals surface area contributed by atoms with E-state index in [1.807, 2.05) is 36.4 Å². The summed E-state index contributed by atoms with van der Waals surface area (Å²) in [5.74, 6) is 3.47. The van der Waals surface area contributed by atoms with Crippen molar-refractivity contribution in [3.63, 3.8) is 0 Å². The van der Waals surface area contributed by atoms with E-state index in [4.69, 9.17) is 57.6 Å². The smallest absolute Gasteiger partial charge is 0.870 e. The van der Waals surface area contributed by atoms with Crippen LogP contribution in [0, 0.1) is 68.0 Å². The van der Waals surface area contributed by atoms with E-state index >= 15 is 0 Å². The summed E-state index contributed by atoms with van der Waals surface area (Å²) in [4.78, 5) is 45.5. The van der Waals surface area contributed by atoms with Gasteiger partial charge in [0.15, 0.2) is 18.9 Å². The Labute approximate surface area is 591 Å². The molecule has 3 aliphatic heterocycles. The van der Waals surface area contributed by atoms with Crippen molar-refractivity contribution < 1.29 is 107 Å². The van der Waals surface area contributed by atoms with Crippen LogP contribution in [0.2, 0.25) is 0 Å². The number of fused-ring (bicyclic) bond motifs is 9. The summed E-state index contributed by atoms with van der Waals surface area (Å²) in [6.07, 6.45) is 27.3. The number of hydrogen-bond donors (Lipinski definition) is 2. The number of carbonyl (C=O) groups is 3. The molecule has 6 saturated carbocycles. The van der Waals surface area contributed by atoms with Crippen molar-refractivity contribution in [3.05, 3.63) is 110 Å².